The zero-order chi connectivity index (χ0) is 12.7. The van der Waals surface area contributed by atoms with Gasteiger partial charge in [0.2, 0.25) is 0 Å². The summed E-state index contributed by atoms with van der Waals surface area (Å²) in [5.41, 5.74) is 10.2. The zero-order valence-electron chi connectivity index (χ0n) is 9.70. The lowest BCUT2D eigenvalue weighted by atomic mass is 9.93. The van der Waals surface area contributed by atoms with E-state index in [1.807, 2.05) is 6.07 Å². The summed E-state index contributed by atoms with van der Waals surface area (Å²) < 4.78 is 1.43. The van der Waals surface area contributed by atoms with E-state index < -0.39 is 0 Å². The molecule has 1 nitrogen and oxygen atoms in total. The van der Waals surface area contributed by atoms with Gasteiger partial charge in [0.25, 0.3) is 0 Å². The highest BCUT2D eigenvalue weighted by molar-refractivity contribution is 7.20. The Kier molecular flexibility index (Phi) is 3.37. The number of nitrogens with two attached hydrogens (primary N) is 1. The normalized spacial score (nSPS) is 16.8. The maximum Gasteiger partial charge on any atom is 0.0991 e. The molecule has 0 bridgehead atoms. The third-order valence-corrected chi connectivity index (χ3v) is 5.15. The standard InChI is InChI=1S/C14H13Cl2NS/c15-12-7-11(14(16)18-12)13(17)10-5-8-3-1-2-4-9(8)6-10/h1-4,7,10,13H,5-6,17H2. The lowest BCUT2D eigenvalue weighted by Crippen LogP contribution is -2.21. The summed E-state index contributed by atoms with van der Waals surface area (Å²) in [4.78, 5) is 0. The first-order valence-electron chi connectivity index (χ1n) is 5.92. The maximum atomic E-state index is 6.36. The number of rotatable bonds is 2. The highest BCUT2D eigenvalue weighted by Gasteiger charge is 2.29. The number of hydrogen-bond donors (Lipinski definition) is 1. The zero-order valence-corrected chi connectivity index (χ0v) is 12.0. The van der Waals surface area contributed by atoms with Crippen molar-refractivity contribution in [2.24, 2.45) is 11.7 Å². The quantitative estimate of drug-likeness (QED) is 0.869. The fraction of sp³-hybridized carbons (Fsp3) is 0.286. The van der Waals surface area contributed by atoms with Crippen LogP contribution in [0.1, 0.15) is 22.7 Å². The first-order chi connectivity index (χ1) is 8.65. The van der Waals surface area contributed by atoms with Gasteiger partial charge < -0.3 is 5.73 Å². The molecule has 1 aliphatic carbocycles. The molecule has 0 saturated carbocycles. The van der Waals surface area contributed by atoms with E-state index in [1.165, 1.54) is 22.5 Å². The average Bonchev–Trinajstić information content (AvgIpc) is 2.91. The van der Waals surface area contributed by atoms with Gasteiger partial charge in [-0.15, -0.1) is 11.3 Å². The number of benzene rings is 1. The summed E-state index contributed by atoms with van der Waals surface area (Å²) in [7, 11) is 0. The van der Waals surface area contributed by atoms with Crippen LogP contribution in [0.4, 0.5) is 0 Å². The van der Waals surface area contributed by atoms with E-state index in [9.17, 15) is 0 Å². The van der Waals surface area contributed by atoms with Gasteiger partial charge in [-0.2, -0.15) is 0 Å². The Morgan fingerprint density at radius 1 is 1.17 bits per heavy atom. The summed E-state index contributed by atoms with van der Waals surface area (Å²) in [5.74, 6) is 0.422. The van der Waals surface area contributed by atoms with Gasteiger partial charge in [0, 0.05) is 11.6 Å². The van der Waals surface area contributed by atoms with Crippen molar-refractivity contribution in [1.82, 2.24) is 0 Å². The predicted octanol–water partition coefficient (Wildman–Crippen LogP) is 4.47. The van der Waals surface area contributed by atoms with E-state index in [2.05, 4.69) is 24.3 Å². The molecule has 0 spiro atoms. The van der Waals surface area contributed by atoms with Crippen molar-refractivity contribution in [3.05, 3.63) is 55.7 Å². The molecule has 0 amide bonds. The number of hydrogen-bond acceptors (Lipinski definition) is 2. The molecule has 18 heavy (non-hydrogen) atoms. The van der Waals surface area contributed by atoms with Gasteiger partial charge in [-0.1, -0.05) is 47.5 Å². The lowest BCUT2D eigenvalue weighted by Gasteiger charge is -2.18. The van der Waals surface area contributed by atoms with Crippen LogP contribution in [0, 0.1) is 5.92 Å². The van der Waals surface area contributed by atoms with Crippen molar-refractivity contribution in [2.75, 3.05) is 0 Å². The molecule has 0 radical (unpaired) electrons. The van der Waals surface area contributed by atoms with Crippen molar-refractivity contribution >= 4 is 34.5 Å². The van der Waals surface area contributed by atoms with Crippen LogP contribution >= 0.6 is 34.5 Å². The Morgan fingerprint density at radius 3 is 2.28 bits per heavy atom. The average molecular weight is 298 g/mol. The molecule has 3 rings (SSSR count). The summed E-state index contributed by atoms with van der Waals surface area (Å²) in [6, 6.07) is 10.4. The molecule has 1 aliphatic rings. The second kappa shape index (κ2) is 4.86. The van der Waals surface area contributed by atoms with Gasteiger partial charge in [0.05, 0.1) is 8.67 Å². The second-order valence-electron chi connectivity index (χ2n) is 4.74. The highest BCUT2D eigenvalue weighted by atomic mass is 35.5. The van der Waals surface area contributed by atoms with E-state index in [4.69, 9.17) is 28.9 Å². The largest absolute Gasteiger partial charge is 0.324 e. The van der Waals surface area contributed by atoms with E-state index >= 15 is 0 Å². The Balaban J connectivity index is 1.84. The Labute approximate surface area is 121 Å². The van der Waals surface area contributed by atoms with Crippen LogP contribution in [0.2, 0.25) is 8.67 Å². The van der Waals surface area contributed by atoms with E-state index in [0.717, 1.165) is 22.7 Å². The highest BCUT2D eigenvalue weighted by Crippen LogP contribution is 2.40. The fourth-order valence-corrected chi connectivity index (χ4v) is 4.25. The monoisotopic (exact) mass is 297 g/mol. The molecule has 4 heteroatoms. The van der Waals surface area contributed by atoms with Gasteiger partial charge >= 0.3 is 0 Å². The van der Waals surface area contributed by atoms with Crippen LogP contribution in [-0.2, 0) is 12.8 Å². The molecule has 94 valence electrons. The van der Waals surface area contributed by atoms with Gasteiger partial charge in [-0.05, 0) is 36.0 Å². The van der Waals surface area contributed by atoms with Gasteiger partial charge in [0.15, 0.2) is 0 Å². The third-order valence-electron chi connectivity index (χ3n) is 3.63. The molecule has 1 atom stereocenters. The number of thiophene rings is 1. The molecule has 0 saturated heterocycles. The number of fused-ring (bicyclic) bond motifs is 1. The molecule has 1 heterocycles. The molecule has 1 unspecified atom stereocenters. The van der Waals surface area contributed by atoms with Crippen LogP contribution in [0.25, 0.3) is 0 Å². The van der Waals surface area contributed by atoms with Crippen molar-refractivity contribution < 1.29 is 0 Å². The minimum absolute atomic E-state index is 0.0337. The molecule has 1 aromatic carbocycles. The van der Waals surface area contributed by atoms with Crippen molar-refractivity contribution in [1.29, 1.82) is 0 Å². The maximum absolute atomic E-state index is 6.36. The summed E-state index contributed by atoms with van der Waals surface area (Å²) >= 11 is 13.6. The van der Waals surface area contributed by atoms with E-state index in [-0.39, 0.29) is 6.04 Å². The lowest BCUT2D eigenvalue weighted by molar-refractivity contribution is 0.455. The smallest absolute Gasteiger partial charge is 0.0991 e. The third kappa shape index (κ3) is 2.19. The predicted molar refractivity (Wildman–Crippen MR) is 78.6 cm³/mol. The number of halogens is 2. The van der Waals surface area contributed by atoms with Crippen molar-refractivity contribution in [3.8, 4) is 0 Å². The second-order valence-corrected chi connectivity index (χ2v) is 7.03. The summed E-state index contributed by atoms with van der Waals surface area (Å²) in [6.45, 7) is 0. The SMILES string of the molecule is NC(c1cc(Cl)sc1Cl)C1Cc2ccccc2C1. The van der Waals surface area contributed by atoms with Crippen LogP contribution < -0.4 is 5.73 Å². The van der Waals surface area contributed by atoms with Crippen molar-refractivity contribution in [2.45, 2.75) is 18.9 Å². The molecule has 2 aromatic rings. The minimum Gasteiger partial charge on any atom is -0.324 e. The fourth-order valence-electron chi connectivity index (χ4n) is 2.68. The minimum atomic E-state index is -0.0337. The molecule has 0 fully saturated rings. The van der Waals surface area contributed by atoms with Crippen LogP contribution in [0.3, 0.4) is 0 Å². The summed E-state index contributed by atoms with van der Waals surface area (Å²) in [6.07, 6.45) is 2.06. The Hall–Kier alpha value is -0.540. The van der Waals surface area contributed by atoms with Gasteiger partial charge in [0.1, 0.15) is 0 Å². The Morgan fingerprint density at radius 2 is 1.78 bits per heavy atom. The van der Waals surface area contributed by atoms with Crippen LogP contribution in [0.15, 0.2) is 30.3 Å². The van der Waals surface area contributed by atoms with E-state index in [1.54, 1.807) is 0 Å². The van der Waals surface area contributed by atoms with Crippen molar-refractivity contribution in [3.63, 3.8) is 0 Å². The van der Waals surface area contributed by atoms with Crippen LogP contribution in [-0.4, -0.2) is 0 Å². The Bertz CT molecular complexity index is 554. The summed E-state index contributed by atoms with van der Waals surface area (Å²) in [5, 5.41) is 0. The molecular weight excluding hydrogens is 285 g/mol. The first kappa shape index (κ1) is 12.5. The molecule has 2 N–H and O–H groups in total. The molecule has 0 aliphatic heterocycles. The van der Waals surface area contributed by atoms with Crippen LogP contribution in [0.5, 0.6) is 0 Å². The molecule has 1 aromatic heterocycles. The topological polar surface area (TPSA) is 26.0 Å². The van der Waals surface area contributed by atoms with Gasteiger partial charge in [-0.25, -0.2) is 0 Å². The first-order valence-corrected chi connectivity index (χ1v) is 7.49. The molecular formula is C14H13Cl2NS. The van der Waals surface area contributed by atoms with E-state index in [0.29, 0.717) is 10.3 Å². The van der Waals surface area contributed by atoms with Gasteiger partial charge in [-0.3, -0.25) is 0 Å².